The molecule has 0 aromatic heterocycles. The summed E-state index contributed by atoms with van der Waals surface area (Å²) in [4.78, 5) is 22.4. The molecule has 0 amide bonds. The molecular weight excluding hydrogens is 423 g/mol. The largest absolute Gasteiger partial charge is 0.494 e. The van der Waals surface area contributed by atoms with E-state index in [2.05, 4.69) is 24.3 Å². The van der Waals surface area contributed by atoms with Gasteiger partial charge in [0.15, 0.2) is 0 Å². The van der Waals surface area contributed by atoms with E-state index < -0.39 is 0 Å². The molecule has 168 valence electrons. The molecule has 1 aliphatic carbocycles. The van der Waals surface area contributed by atoms with Crippen LogP contribution in [-0.4, -0.2) is 30.3 Å². The summed E-state index contributed by atoms with van der Waals surface area (Å²) in [6.07, 6.45) is 10.6. The molecule has 0 radical (unpaired) electrons. The second kappa shape index (κ2) is 14.7. The molecule has 1 aliphatic rings. The topological polar surface area (TPSA) is 52.6 Å². The molecule has 2 rings (SSSR count). The minimum absolute atomic E-state index is 0.0455. The van der Waals surface area contributed by atoms with Crippen molar-refractivity contribution in [3.05, 3.63) is 29.8 Å². The number of hydrogen-bond donors (Lipinski definition) is 0. The summed E-state index contributed by atoms with van der Waals surface area (Å²) in [5, 5.41) is -0.180. The molecule has 4 nitrogen and oxygen atoms in total. The van der Waals surface area contributed by atoms with E-state index in [4.69, 9.17) is 32.7 Å². The first kappa shape index (κ1) is 25.0. The molecule has 0 bridgehead atoms. The Labute approximate surface area is 190 Å². The number of hydrogen-bond acceptors (Lipinski definition) is 4. The Morgan fingerprint density at radius 3 is 2.07 bits per heavy atom. The molecule has 1 aromatic rings. The van der Waals surface area contributed by atoms with Crippen LogP contribution in [0.5, 0.6) is 5.75 Å². The van der Waals surface area contributed by atoms with Crippen LogP contribution in [0.25, 0.3) is 0 Å². The highest BCUT2D eigenvalue weighted by molar-refractivity contribution is 6.63. The van der Waals surface area contributed by atoms with Gasteiger partial charge in [-0.2, -0.15) is 0 Å². The van der Waals surface area contributed by atoms with Gasteiger partial charge in [-0.1, -0.05) is 37.8 Å². The molecule has 0 heterocycles. The van der Waals surface area contributed by atoms with Crippen LogP contribution >= 0.6 is 23.2 Å². The van der Waals surface area contributed by atoms with Crippen LogP contribution in [0.3, 0.4) is 0 Å². The Balaban J connectivity index is 1.49. The van der Waals surface area contributed by atoms with Crippen LogP contribution in [0.15, 0.2) is 24.3 Å². The number of ether oxygens (including phenoxy) is 2. The Bertz CT molecular complexity index is 625. The fourth-order valence-electron chi connectivity index (χ4n) is 3.93. The quantitative estimate of drug-likeness (QED) is 0.136. The molecule has 0 unspecified atom stereocenters. The third-order valence-electron chi connectivity index (χ3n) is 5.77. The van der Waals surface area contributed by atoms with Crippen LogP contribution in [0.1, 0.15) is 82.1 Å². The van der Waals surface area contributed by atoms with E-state index in [1.807, 2.05) is 0 Å². The highest BCUT2D eigenvalue weighted by Gasteiger charge is 2.25. The number of halogens is 2. The minimum Gasteiger partial charge on any atom is -0.494 e. The molecule has 0 aliphatic heterocycles. The van der Waals surface area contributed by atoms with Crippen molar-refractivity contribution in [2.24, 2.45) is 5.92 Å². The molecule has 1 saturated carbocycles. The number of carbonyl (C=O) groups excluding carboxylic acids is 2. The molecule has 0 saturated heterocycles. The van der Waals surface area contributed by atoms with Gasteiger partial charge in [0.25, 0.3) is 0 Å². The van der Waals surface area contributed by atoms with Crippen molar-refractivity contribution in [3.63, 3.8) is 0 Å². The van der Waals surface area contributed by atoms with Gasteiger partial charge in [-0.3, -0.25) is 9.59 Å². The van der Waals surface area contributed by atoms with E-state index >= 15 is 0 Å². The van der Waals surface area contributed by atoms with Gasteiger partial charge in [-0.05, 0) is 73.7 Å². The Kier molecular flexibility index (Phi) is 12.2. The summed E-state index contributed by atoms with van der Waals surface area (Å²) in [5.41, 5.74) is 1.33. The van der Waals surface area contributed by atoms with E-state index in [1.165, 1.54) is 12.0 Å². The number of benzene rings is 1. The zero-order chi connectivity index (χ0) is 21.6. The zero-order valence-corrected chi connectivity index (χ0v) is 19.3. The number of alkyl halides is 1. The first-order chi connectivity index (χ1) is 14.6. The lowest BCUT2D eigenvalue weighted by atomic mass is 9.79. The van der Waals surface area contributed by atoms with Crippen molar-refractivity contribution >= 4 is 34.4 Å². The van der Waals surface area contributed by atoms with Gasteiger partial charge in [0.1, 0.15) is 5.75 Å². The van der Waals surface area contributed by atoms with Crippen molar-refractivity contribution < 1.29 is 19.1 Å². The summed E-state index contributed by atoms with van der Waals surface area (Å²) >= 11 is 11.1. The summed E-state index contributed by atoms with van der Waals surface area (Å²) < 4.78 is 10.9. The van der Waals surface area contributed by atoms with Crippen molar-refractivity contribution in [3.8, 4) is 5.75 Å². The lowest BCUT2D eigenvalue weighted by Gasteiger charge is -2.26. The molecular formula is C24H34Cl2O4. The van der Waals surface area contributed by atoms with Crippen LogP contribution in [0, 0.1) is 5.92 Å². The molecule has 6 heteroatoms. The maximum absolute atomic E-state index is 11.3. The second-order valence-electron chi connectivity index (χ2n) is 8.05. The van der Waals surface area contributed by atoms with Crippen LogP contribution < -0.4 is 4.74 Å². The Hall–Kier alpha value is -1.26. The first-order valence-electron chi connectivity index (χ1n) is 11.2. The molecule has 1 aromatic carbocycles. The third-order valence-corrected chi connectivity index (χ3v) is 6.27. The summed E-state index contributed by atoms with van der Waals surface area (Å²) in [6.45, 7) is 1.24. The van der Waals surface area contributed by atoms with Crippen LogP contribution in [-0.2, 0) is 14.3 Å². The minimum atomic E-state index is -0.203. The summed E-state index contributed by atoms with van der Waals surface area (Å²) in [5.74, 6) is 1.61. The van der Waals surface area contributed by atoms with E-state index in [0.29, 0.717) is 24.8 Å². The monoisotopic (exact) mass is 456 g/mol. The number of carbonyl (C=O) groups is 2. The number of rotatable bonds is 14. The summed E-state index contributed by atoms with van der Waals surface area (Å²) in [7, 11) is 0. The molecule has 0 spiro atoms. The molecule has 0 N–H and O–H groups in total. The average Bonchev–Trinajstić information content (AvgIpc) is 2.76. The predicted octanol–water partition coefficient (Wildman–Crippen LogP) is 6.62. The third kappa shape index (κ3) is 9.70. The van der Waals surface area contributed by atoms with Gasteiger partial charge in [-0.25, -0.2) is 0 Å². The summed E-state index contributed by atoms with van der Waals surface area (Å²) in [6, 6.07) is 8.42. The average molecular weight is 457 g/mol. The fourth-order valence-corrected chi connectivity index (χ4v) is 4.30. The highest BCUT2D eigenvalue weighted by Crippen LogP contribution is 2.37. The van der Waals surface area contributed by atoms with Crippen molar-refractivity contribution in [1.29, 1.82) is 0 Å². The smallest absolute Gasteiger partial charge is 0.306 e. The second-order valence-corrected chi connectivity index (χ2v) is 8.80. The van der Waals surface area contributed by atoms with Gasteiger partial charge in [-0.15, -0.1) is 11.6 Å². The maximum atomic E-state index is 11.3. The lowest BCUT2D eigenvalue weighted by molar-refractivity contribution is -0.143. The highest BCUT2D eigenvalue weighted by atomic mass is 35.5. The van der Waals surface area contributed by atoms with E-state index in [1.54, 1.807) is 0 Å². The molecule has 0 atom stereocenters. The molecule has 1 fully saturated rings. The maximum Gasteiger partial charge on any atom is 0.306 e. The lowest BCUT2D eigenvalue weighted by Crippen LogP contribution is -2.17. The van der Waals surface area contributed by atoms with Crippen LogP contribution in [0.2, 0.25) is 0 Å². The Morgan fingerprint density at radius 2 is 1.47 bits per heavy atom. The van der Waals surface area contributed by atoms with Crippen molar-refractivity contribution in [2.45, 2.75) is 76.5 Å². The van der Waals surface area contributed by atoms with Crippen molar-refractivity contribution in [2.75, 3.05) is 19.1 Å². The first-order valence-corrected chi connectivity index (χ1v) is 12.1. The van der Waals surface area contributed by atoms with Crippen molar-refractivity contribution in [1.82, 2.24) is 0 Å². The SMILES string of the molecule is O=C(CCCl)OCCCCCCCCOc1ccc([C@H]2CC[C@H](C(=O)Cl)CC2)cc1. The van der Waals surface area contributed by atoms with Gasteiger partial charge < -0.3 is 9.47 Å². The van der Waals surface area contributed by atoms with E-state index in [-0.39, 0.29) is 17.1 Å². The standard InChI is InChI=1S/C24H34Cl2O4/c25-16-15-23(27)30-18-6-4-2-1-3-5-17-29-22-13-11-20(12-14-22)19-7-9-21(10-8-19)24(26)28/h11-14,19,21H,1-10,15-18H2/t19-,21-. The van der Waals surface area contributed by atoms with Gasteiger partial charge >= 0.3 is 5.97 Å². The van der Waals surface area contributed by atoms with Gasteiger partial charge in [0, 0.05) is 11.8 Å². The Morgan fingerprint density at radius 1 is 0.867 bits per heavy atom. The number of unbranched alkanes of at least 4 members (excludes halogenated alkanes) is 5. The van der Waals surface area contributed by atoms with E-state index in [9.17, 15) is 9.59 Å². The van der Waals surface area contributed by atoms with Crippen LogP contribution in [0.4, 0.5) is 0 Å². The normalized spacial score (nSPS) is 18.7. The predicted molar refractivity (Wildman–Crippen MR) is 121 cm³/mol. The fraction of sp³-hybridized carbons (Fsp3) is 0.667. The van der Waals surface area contributed by atoms with Gasteiger partial charge in [0.05, 0.1) is 19.6 Å². The number of esters is 1. The van der Waals surface area contributed by atoms with Gasteiger partial charge in [0.2, 0.25) is 5.24 Å². The van der Waals surface area contributed by atoms with E-state index in [0.717, 1.165) is 70.1 Å². The zero-order valence-electron chi connectivity index (χ0n) is 17.8. The molecule has 30 heavy (non-hydrogen) atoms.